The van der Waals surface area contributed by atoms with Gasteiger partial charge < -0.3 is 50.5 Å². The van der Waals surface area contributed by atoms with Gasteiger partial charge in [0.1, 0.15) is 36.6 Å². The Bertz CT molecular complexity index is 897. The van der Waals surface area contributed by atoms with E-state index in [1.54, 1.807) is 0 Å². The third-order valence-corrected chi connectivity index (χ3v) is 11.9. The first-order valence-corrected chi connectivity index (χ1v) is 23.9. The molecule has 11 nitrogen and oxygen atoms in total. The monoisotopic (exact) mass is 818 g/mol. The maximum atomic E-state index is 13.1. The van der Waals surface area contributed by atoms with Gasteiger partial charge >= 0.3 is 0 Å². The van der Waals surface area contributed by atoms with E-state index in [-0.39, 0.29) is 6.42 Å². The van der Waals surface area contributed by atoms with Gasteiger partial charge in [0.05, 0.1) is 25.4 Å². The molecule has 1 rings (SSSR count). The fraction of sp³-hybridized carbons (Fsp3) is 0.978. The lowest BCUT2D eigenvalue weighted by molar-refractivity contribution is -0.303. The highest BCUT2D eigenvalue weighted by atomic mass is 16.7. The Labute approximate surface area is 348 Å². The molecule has 0 aliphatic carbocycles. The van der Waals surface area contributed by atoms with Crippen LogP contribution in [0, 0.1) is 0 Å². The summed E-state index contributed by atoms with van der Waals surface area (Å²) in [7, 11) is 0. The molecule has 1 aliphatic rings. The van der Waals surface area contributed by atoms with Gasteiger partial charge in [0.25, 0.3) is 0 Å². The van der Waals surface area contributed by atoms with Crippen molar-refractivity contribution in [1.82, 2.24) is 5.32 Å². The van der Waals surface area contributed by atoms with E-state index in [0.29, 0.717) is 19.3 Å². The molecule has 1 fully saturated rings. The molecule has 1 amide bonds. The van der Waals surface area contributed by atoms with Crippen LogP contribution in [0.5, 0.6) is 0 Å². The molecule has 0 radical (unpaired) electrons. The molecule has 0 saturated carbocycles. The van der Waals surface area contributed by atoms with Crippen molar-refractivity contribution in [3.8, 4) is 0 Å². The van der Waals surface area contributed by atoms with Crippen molar-refractivity contribution < 1.29 is 50.0 Å². The summed E-state index contributed by atoms with van der Waals surface area (Å²) in [5.41, 5.74) is 0. The van der Waals surface area contributed by atoms with Crippen LogP contribution < -0.4 is 5.32 Å². The lowest BCUT2D eigenvalue weighted by Crippen LogP contribution is -2.60. The summed E-state index contributed by atoms with van der Waals surface area (Å²) < 4.78 is 11.1. The van der Waals surface area contributed by atoms with Crippen LogP contribution >= 0.6 is 0 Å². The zero-order chi connectivity index (χ0) is 41.9. The van der Waals surface area contributed by atoms with Gasteiger partial charge in [-0.3, -0.25) is 4.79 Å². The molecule has 9 unspecified atom stereocenters. The molecule has 0 bridgehead atoms. The Morgan fingerprint density at radius 3 is 1.30 bits per heavy atom. The number of carbonyl (C=O) groups excluding carboxylic acids is 1. The van der Waals surface area contributed by atoms with Crippen molar-refractivity contribution >= 4 is 5.91 Å². The molecular weight excluding hydrogens is 727 g/mol. The number of nitrogens with one attached hydrogen (secondary N) is 1. The summed E-state index contributed by atoms with van der Waals surface area (Å²) in [4.78, 5) is 13.1. The maximum absolute atomic E-state index is 13.1. The summed E-state index contributed by atoms with van der Waals surface area (Å²) in [5.74, 6) is -0.694. The minimum atomic E-state index is -1.66. The van der Waals surface area contributed by atoms with Crippen molar-refractivity contribution in [2.75, 3.05) is 13.2 Å². The number of hydrogen-bond acceptors (Lipinski definition) is 10. The lowest BCUT2D eigenvalue weighted by Gasteiger charge is -2.40. The molecule has 0 spiro atoms. The van der Waals surface area contributed by atoms with Gasteiger partial charge in [0.15, 0.2) is 6.29 Å². The van der Waals surface area contributed by atoms with Crippen LogP contribution in [0.15, 0.2) is 0 Å². The van der Waals surface area contributed by atoms with Crippen molar-refractivity contribution in [3.05, 3.63) is 0 Å². The van der Waals surface area contributed by atoms with Crippen LogP contribution in [0.3, 0.4) is 0 Å². The van der Waals surface area contributed by atoms with Crippen LogP contribution in [0.25, 0.3) is 0 Å². The highest BCUT2D eigenvalue weighted by molar-refractivity contribution is 5.80. The first kappa shape index (κ1) is 54.1. The number of amides is 1. The van der Waals surface area contributed by atoms with E-state index in [1.165, 1.54) is 141 Å². The summed E-state index contributed by atoms with van der Waals surface area (Å²) in [6.07, 6.45) is 25.7. The van der Waals surface area contributed by atoms with E-state index in [4.69, 9.17) is 9.47 Å². The van der Waals surface area contributed by atoms with Gasteiger partial charge in [-0.25, -0.2) is 0 Å². The molecule has 0 aromatic heterocycles. The third kappa shape index (κ3) is 26.8. The molecule has 57 heavy (non-hydrogen) atoms. The Morgan fingerprint density at radius 1 is 0.544 bits per heavy atom. The van der Waals surface area contributed by atoms with Gasteiger partial charge in [0, 0.05) is 0 Å². The van der Waals surface area contributed by atoms with E-state index in [9.17, 15) is 40.5 Å². The first-order chi connectivity index (χ1) is 27.7. The Hall–Kier alpha value is -0.890. The predicted molar refractivity (Wildman–Crippen MR) is 229 cm³/mol. The minimum absolute atomic E-state index is 0.266. The van der Waals surface area contributed by atoms with E-state index >= 15 is 0 Å². The summed E-state index contributed by atoms with van der Waals surface area (Å²) in [6, 6.07) is -1.16. The SMILES string of the molecule is CCCCCCCCCCCCCCCCCCC(O)C(O)C(COC1OC(CO)C(O)C(O)C1O)NC(=O)C(O)CCCCCCCCCCCCCCCC. The number of aliphatic hydroxyl groups excluding tert-OH is 7. The summed E-state index contributed by atoms with van der Waals surface area (Å²) in [5, 5.41) is 75.7. The van der Waals surface area contributed by atoms with Gasteiger partial charge in [0.2, 0.25) is 5.91 Å². The molecule has 1 heterocycles. The molecule has 8 N–H and O–H groups in total. The second kappa shape index (κ2) is 36.9. The molecule has 0 aromatic carbocycles. The third-order valence-electron chi connectivity index (χ3n) is 11.9. The average molecular weight is 818 g/mol. The standard InChI is InChI=1S/C46H91NO10/c1-3-5-7-9-11-13-15-17-19-20-22-23-25-27-29-31-33-38(49)41(51)37(36-56-46-44(54)43(53)42(52)40(35-48)57-46)47-45(55)39(50)34-32-30-28-26-24-21-18-16-14-12-10-8-6-4-2/h37-44,46,48-54H,3-36H2,1-2H3,(H,47,55). The fourth-order valence-corrected chi connectivity index (χ4v) is 7.91. The first-order valence-electron chi connectivity index (χ1n) is 23.9. The minimum Gasteiger partial charge on any atom is -0.394 e. The van der Waals surface area contributed by atoms with E-state index in [1.807, 2.05) is 0 Å². The topological polar surface area (TPSA) is 189 Å². The van der Waals surface area contributed by atoms with Crippen LogP contribution in [0.2, 0.25) is 0 Å². The number of ether oxygens (including phenoxy) is 2. The van der Waals surface area contributed by atoms with E-state index in [2.05, 4.69) is 19.2 Å². The Balaban J connectivity index is 2.43. The molecule has 1 aliphatic heterocycles. The second-order valence-corrected chi connectivity index (χ2v) is 17.2. The number of unbranched alkanes of at least 4 members (excludes halogenated alkanes) is 28. The number of rotatable bonds is 40. The van der Waals surface area contributed by atoms with Gasteiger partial charge in [-0.2, -0.15) is 0 Å². The molecule has 9 atom stereocenters. The smallest absolute Gasteiger partial charge is 0.249 e. The molecule has 11 heteroatoms. The summed E-state index contributed by atoms with van der Waals surface area (Å²) in [6.45, 7) is 3.45. The highest BCUT2D eigenvalue weighted by Crippen LogP contribution is 2.23. The average Bonchev–Trinajstić information content (AvgIpc) is 3.21. The van der Waals surface area contributed by atoms with Crippen molar-refractivity contribution in [1.29, 1.82) is 0 Å². The largest absolute Gasteiger partial charge is 0.394 e. The Morgan fingerprint density at radius 2 is 0.912 bits per heavy atom. The zero-order valence-electron chi connectivity index (χ0n) is 36.6. The van der Waals surface area contributed by atoms with Crippen molar-refractivity contribution in [2.45, 2.75) is 274 Å². The van der Waals surface area contributed by atoms with Gasteiger partial charge in [-0.1, -0.05) is 206 Å². The van der Waals surface area contributed by atoms with Crippen molar-refractivity contribution in [2.24, 2.45) is 0 Å². The normalized spacial score (nSPS) is 22.0. The second-order valence-electron chi connectivity index (χ2n) is 17.2. The van der Waals surface area contributed by atoms with Crippen LogP contribution in [0.1, 0.15) is 219 Å². The summed E-state index contributed by atoms with van der Waals surface area (Å²) >= 11 is 0. The quantitative estimate of drug-likeness (QED) is 0.0283. The van der Waals surface area contributed by atoms with Crippen LogP contribution in [-0.2, 0) is 14.3 Å². The Kier molecular flexibility index (Phi) is 35.1. The molecular formula is C46H91NO10. The van der Waals surface area contributed by atoms with Crippen LogP contribution in [0.4, 0.5) is 0 Å². The van der Waals surface area contributed by atoms with Gasteiger partial charge in [-0.15, -0.1) is 0 Å². The predicted octanol–water partition coefficient (Wildman–Crippen LogP) is 7.89. The molecule has 0 aromatic rings. The lowest BCUT2D eigenvalue weighted by atomic mass is 9.98. The highest BCUT2D eigenvalue weighted by Gasteiger charge is 2.44. The number of hydrogen-bond donors (Lipinski definition) is 8. The van der Waals surface area contributed by atoms with E-state index < -0.39 is 74.2 Å². The number of carbonyl (C=O) groups is 1. The van der Waals surface area contributed by atoms with Crippen molar-refractivity contribution in [3.63, 3.8) is 0 Å². The zero-order valence-corrected chi connectivity index (χ0v) is 36.6. The van der Waals surface area contributed by atoms with Gasteiger partial charge in [-0.05, 0) is 12.8 Å². The molecule has 1 saturated heterocycles. The maximum Gasteiger partial charge on any atom is 0.249 e. The fourth-order valence-electron chi connectivity index (χ4n) is 7.91. The number of aliphatic hydroxyl groups is 7. The van der Waals surface area contributed by atoms with Crippen LogP contribution in [-0.4, -0.2) is 110 Å². The van der Waals surface area contributed by atoms with E-state index in [0.717, 1.165) is 38.5 Å². The molecule has 340 valence electrons.